The van der Waals surface area contributed by atoms with Gasteiger partial charge in [0, 0.05) is 12.1 Å². The fourth-order valence-corrected chi connectivity index (χ4v) is 4.31. The van der Waals surface area contributed by atoms with Crippen LogP contribution < -0.4 is 10.2 Å². The molecule has 3 atom stereocenters. The van der Waals surface area contributed by atoms with Crippen LogP contribution in [0, 0.1) is 22.7 Å². The van der Waals surface area contributed by atoms with Crippen LogP contribution in [0.1, 0.15) is 31.7 Å². The molecule has 1 aliphatic carbocycles. The van der Waals surface area contributed by atoms with Crippen molar-refractivity contribution in [2.45, 2.75) is 38.9 Å². The van der Waals surface area contributed by atoms with Crippen LogP contribution in [0.2, 0.25) is 0 Å². The third-order valence-electron chi connectivity index (χ3n) is 5.91. The molecule has 4 rings (SSSR count). The summed E-state index contributed by atoms with van der Waals surface area (Å²) in [5.74, 6) is 1.74. The molecule has 3 aromatic rings. The van der Waals surface area contributed by atoms with Crippen LogP contribution in [0.3, 0.4) is 0 Å². The number of H-pyrrole nitrogens is 1. The van der Waals surface area contributed by atoms with Gasteiger partial charge < -0.3 is 14.5 Å². The van der Waals surface area contributed by atoms with Crippen LogP contribution in [-0.4, -0.2) is 33.6 Å². The first-order valence-corrected chi connectivity index (χ1v) is 10.0. The molecule has 0 saturated heterocycles. The van der Waals surface area contributed by atoms with Crippen molar-refractivity contribution in [3.63, 3.8) is 0 Å². The molecule has 1 saturated carbocycles. The first kappa shape index (κ1) is 19.4. The predicted octanol–water partition coefficient (Wildman–Crippen LogP) is 3.70. The summed E-state index contributed by atoms with van der Waals surface area (Å²) in [5, 5.41) is 17.2. The number of ether oxygens (including phenoxy) is 2. The smallest absolute Gasteiger partial charge is 0.154 e. The number of methoxy groups -OCH3 is 1. The van der Waals surface area contributed by atoms with E-state index in [1.165, 1.54) is 6.20 Å². The Morgan fingerprint density at radius 1 is 1.24 bits per heavy atom. The van der Waals surface area contributed by atoms with Crippen LogP contribution >= 0.6 is 0 Å². The monoisotopic (exact) mass is 393 g/mol. The van der Waals surface area contributed by atoms with Crippen LogP contribution in [0.15, 0.2) is 42.7 Å². The van der Waals surface area contributed by atoms with E-state index in [0.717, 1.165) is 36.1 Å². The molecule has 7 nitrogen and oxygen atoms in total. The van der Waals surface area contributed by atoms with E-state index in [2.05, 4.69) is 16.9 Å². The van der Waals surface area contributed by atoms with Crippen molar-refractivity contribution in [1.29, 1.82) is 10.8 Å². The van der Waals surface area contributed by atoms with Crippen molar-refractivity contribution in [3.05, 3.63) is 53.8 Å². The molecule has 0 unspecified atom stereocenters. The highest BCUT2D eigenvalue weighted by atomic mass is 16.5. The molecule has 0 spiro atoms. The predicted molar refractivity (Wildman–Crippen MR) is 111 cm³/mol. The normalized spacial score (nSPS) is 21.5. The summed E-state index contributed by atoms with van der Waals surface area (Å²) in [6.07, 6.45) is 6.15. The summed E-state index contributed by atoms with van der Waals surface area (Å²) in [7, 11) is 1.66. The zero-order valence-electron chi connectivity index (χ0n) is 16.8. The summed E-state index contributed by atoms with van der Waals surface area (Å²) < 4.78 is 13.1. The summed E-state index contributed by atoms with van der Waals surface area (Å²) in [6, 6.07) is 9.80. The Hall–Kier alpha value is -2.93. The van der Waals surface area contributed by atoms with E-state index in [-0.39, 0.29) is 17.5 Å². The highest BCUT2D eigenvalue weighted by Crippen LogP contribution is 2.37. The lowest BCUT2D eigenvalue weighted by Crippen LogP contribution is -2.33. The van der Waals surface area contributed by atoms with Crippen molar-refractivity contribution in [2.24, 2.45) is 11.8 Å². The molecule has 1 fully saturated rings. The van der Waals surface area contributed by atoms with E-state index in [1.54, 1.807) is 17.9 Å². The molecule has 2 heterocycles. The van der Waals surface area contributed by atoms with E-state index in [9.17, 15) is 0 Å². The Labute approximate surface area is 169 Å². The zero-order valence-corrected chi connectivity index (χ0v) is 16.8. The van der Waals surface area contributed by atoms with Crippen LogP contribution in [0.25, 0.3) is 11.2 Å². The van der Waals surface area contributed by atoms with Gasteiger partial charge in [0.15, 0.2) is 5.65 Å². The van der Waals surface area contributed by atoms with Gasteiger partial charge in [-0.15, -0.1) is 0 Å². The van der Waals surface area contributed by atoms with E-state index in [1.807, 2.05) is 30.3 Å². The molecule has 3 N–H and O–H groups in total. The number of nitrogens with zero attached hydrogens (tertiary/aromatic N) is 2. The van der Waals surface area contributed by atoms with E-state index in [0.29, 0.717) is 24.0 Å². The Morgan fingerprint density at radius 2 is 2.03 bits per heavy atom. The minimum Gasteiger partial charge on any atom is -0.497 e. The highest BCUT2D eigenvalue weighted by molar-refractivity contribution is 5.91. The number of nitrogens with one attached hydrogen (secondary N) is 3. The molecule has 0 amide bonds. The number of hydrogen-bond donors (Lipinski definition) is 3. The van der Waals surface area contributed by atoms with Gasteiger partial charge in [-0.2, -0.15) is 0 Å². The minimum absolute atomic E-state index is 0.0652. The molecule has 0 aliphatic heterocycles. The molecule has 0 bridgehead atoms. The highest BCUT2D eigenvalue weighted by Gasteiger charge is 2.37. The van der Waals surface area contributed by atoms with Gasteiger partial charge in [-0.1, -0.05) is 25.5 Å². The SMILES string of the molecule is CC[C@@H]1C[C@H](OCc2ccc(OC)cc2)C[C@H]1C(=N)n1c(=N)cnc2[nH]ccc21. The van der Waals surface area contributed by atoms with Gasteiger partial charge >= 0.3 is 0 Å². The van der Waals surface area contributed by atoms with Gasteiger partial charge in [-0.25, -0.2) is 4.98 Å². The molecule has 7 heteroatoms. The Kier molecular flexibility index (Phi) is 5.49. The molecule has 0 radical (unpaired) electrons. The van der Waals surface area contributed by atoms with Gasteiger partial charge in [0.25, 0.3) is 0 Å². The standard InChI is InChI=1S/C22H27N5O2/c1-3-15-10-17(29-13-14-4-6-16(28-2)7-5-14)11-18(15)21(24)27-19-8-9-25-22(19)26-12-20(27)23/h4-9,12,15,17-18,23-25H,3,10-11,13H2,1-2H3/t15-,17+,18-/m1/s1. The van der Waals surface area contributed by atoms with E-state index >= 15 is 0 Å². The lowest BCUT2D eigenvalue weighted by atomic mass is 9.92. The Morgan fingerprint density at radius 3 is 2.76 bits per heavy atom. The summed E-state index contributed by atoms with van der Waals surface area (Å²) >= 11 is 0. The van der Waals surface area contributed by atoms with Gasteiger partial charge in [-0.3, -0.25) is 15.4 Å². The van der Waals surface area contributed by atoms with Crippen molar-refractivity contribution in [2.75, 3.05) is 7.11 Å². The third kappa shape index (κ3) is 3.82. The van der Waals surface area contributed by atoms with E-state index in [4.69, 9.17) is 20.3 Å². The molecular formula is C22H27N5O2. The average molecular weight is 393 g/mol. The Bertz CT molecular complexity index is 1050. The number of rotatable bonds is 6. The van der Waals surface area contributed by atoms with Gasteiger partial charge in [0.05, 0.1) is 31.5 Å². The summed E-state index contributed by atoms with van der Waals surface area (Å²) in [6.45, 7) is 2.72. The number of hydrogen-bond acceptors (Lipinski definition) is 5. The molecule has 152 valence electrons. The fourth-order valence-electron chi connectivity index (χ4n) is 4.31. The number of fused-ring (bicyclic) bond motifs is 1. The van der Waals surface area contributed by atoms with E-state index < -0.39 is 0 Å². The number of aromatic nitrogens is 3. The Balaban J connectivity index is 1.49. The fraction of sp³-hybridized carbons (Fsp3) is 0.409. The molecule has 2 aromatic heterocycles. The maximum absolute atomic E-state index is 8.89. The van der Waals surface area contributed by atoms with Crippen molar-refractivity contribution >= 4 is 17.0 Å². The second-order valence-corrected chi connectivity index (χ2v) is 7.60. The topological polar surface area (TPSA) is 99.8 Å². The van der Waals surface area contributed by atoms with Gasteiger partial charge in [-0.05, 0) is 42.5 Å². The van der Waals surface area contributed by atoms with Crippen LogP contribution in [0.5, 0.6) is 5.75 Å². The van der Waals surface area contributed by atoms with Gasteiger partial charge in [0.1, 0.15) is 17.1 Å². The number of aromatic amines is 1. The second kappa shape index (κ2) is 8.21. The maximum atomic E-state index is 8.89. The first-order valence-electron chi connectivity index (χ1n) is 10.0. The number of benzene rings is 1. The van der Waals surface area contributed by atoms with Crippen molar-refractivity contribution < 1.29 is 9.47 Å². The largest absolute Gasteiger partial charge is 0.497 e. The van der Waals surface area contributed by atoms with Crippen molar-refractivity contribution in [1.82, 2.24) is 14.5 Å². The first-order chi connectivity index (χ1) is 14.1. The zero-order chi connectivity index (χ0) is 20.4. The van der Waals surface area contributed by atoms with Gasteiger partial charge in [0.2, 0.25) is 0 Å². The molecule has 1 aliphatic rings. The summed E-state index contributed by atoms with van der Waals surface area (Å²) in [5.41, 5.74) is 2.83. The van der Waals surface area contributed by atoms with Crippen LogP contribution in [0.4, 0.5) is 0 Å². The lowest BCUT2D eigenvalue weighted by Gasteiger charge is -2.21. The third-order valence-corrected chi connectivity index (χ3v) is 5.91. The molecular weight excluding hydrogens is 366 g/mol. The lowest BCUT2D eigenvalue weighted by molar-refractivity contribution is 0.0421. The second-order valence-electron chi connectivity index (χ2n) is 7.60. The maximum Gasteiger partial charge on any atom is 0.154 e. The summed E-state index contributed by atoms with van der Waals surface area (Å²) in [4.78, 5) is 7.31. The quantitative estimate of drug-likeness (QED) is 0.440. The molecule has 1 aromatic carbocycles. The average Bonchev–Trinajstić information content (AvgIpc) is 3.38. The van der Waals surface area contributed by atoms with Crippen LogP contribution in [-0.2, 0) is 11.3 Å². The minimum atomic E-state index is 0.0652. The van der Waals surface area contributed by atoms with Crippen molar-refractivity contribution in [3.8, 4) is 5.75 Å². The molecule has 29 heavy (non-hydrogen) atoms.